The monoisotopic (exact) mass is 448 g/mol. The molecular formula is C22H23F3N4O3. The molecule has 0 bridgehead atoms. The number of H-pyrrole nitrogens is 1. The van der Waals surface area contributed by atoms with E-state index in [2.05, 4.69) is 20.8 Å². The molecular weight excluding hydrogens is 425 g/mol. The molecule has 0 aliphatic rings. The first-order valence-corrected chi connectivity index (χ1v) is 9.73. The van der Waals surface area contributed by atoms with E-state index < -0.39 is 24.3 Å². The highest BCUT2D eigenvalue weighted by Gasteiger charge is 2.33. The first-order chi connectivity index (χ1) is 15.3. The molecule has 170 valence electrons. The van der Waals surface area contributed by atoms with Crippen LogP contribution in [0, 0.1) is 6.92 Å². The fraction of sp³-hybridized carbons (Fsp3) is 0.273. The van der Waals surface area contributed by atoms with Crippen molar-refractivity contribution in [1.82, 2.24) is 15.5 Å². The van der Waals surface area contributed by atoms with Crippen LogP contribution in [0.5, 0.6) is 11.5 Å². The zero-order valence-corrected chi connectivity index (χ0v) is 17.5. The molecule has 1 aromatic heterocycles. The van der Waals surface area contributed by atoms with E-state index >= 15 is 0 Å². The third-order valence-electron chi connectivity index (χ3n) is 4.67. The molecule has 10 heteroatoms. The summed E-state index contributed by atoms with van der Waals surface area (Å²) < 4.78 is 50.0. The van der Waals surface area contributed by atoms with Gasteiger partial charge in [-0.25, -0.2) is 0 Å². The van der Waals surface area contributed by atoms with Gasteiger partial charge in [-0.3, -0.25) is 9.89 Å². The number of carbonyl (C=O) groups excluding carboxylic acids is 1. The number of aromatic amines is 1. The molecule has 1 heterocycles. The van der Waals surface area contributed by atoms with Gasteiger partial charge in [-0.15, -0.1) is 0 Å². The van der Waals surface area contributed by atoms with Crippen LogP contribution in [0.1, 0.15) is 22.4 Å². The first-order valence-electron chi connectivity index (χ1n) is 9.73. The minimum Gasteiger partial charge on any atom is -0.493 e. The van der Waals surface area contributed by atoms with Crippen LogP contribution in [0.3, 0.4) is 0 Å². The summed E-state index contributed by atoms with van der Waals surface area (Å²) in [5.41, 5.74) is 1.74. The smallest absolute Gasteiger partial charge is 0.418 e. The Balaban J connectivity index is 1.57. The van der Waals surface area contributed by atoms with Crippen LogP contribution in [-0.2, 0) is 24.1 Å². The molecule has 0 saturated carbocycles. The van der Waals surface area contributed by atoms with Gasteiger partial charge in [0.2, 0.25) is 0 Å². The molecule has 0 unspecified atom stereocenters. The van der Waals surface area contributed by atoms with E-state index in [1.165, 1.54) is 25.3 Å². The van der Waals surface area contributed by atoms with Crippen LogP contribution >= 0.6 is 0 Å². The number of methoxy groups -OCH3 is 1. The summed E-state index contributed by atoms with van der Waals surface area (Å²) in [7, 11) is 1.47. The molecule has 1 amide bonds. The number of anilines is 1. The lowest BCUT2D eigenvalue weighted by Gasteiger charge is -2.15. The van der Waals surface area contributed by atoms with Gasteiger partial charge in [-0.05, 0) is 36.8 Å². The summed E-state index contributed by atoms with van der Waals surface area (Å²) >= 11 is 0. The van der Waals surface area contributed by atoms with Crippen LogP contribution in [0.25, 0.3) is 0 Å². The molecule has 3 rings (SSSR count). The number of benzene rings is 2. The number of hydrogen-bond donors (Lipinski definition) is 3. The van der Waals surface area contributed by atoms with E-state index in [9.17, 15) is 18.0 Å². The Morgan fingerprint density at radius 1 is 1.12 bits per heavy atom. The van der Waals surface area contributed by atoms with Crippen molar-refractivity contribution in [3.8, 4) is 11.5 Å². The third-order valence-corrected chi connectivity index (χ3v) is 4.67. The van der Waals surface area contributed by atoms with Crippen LogP contribution in [0.15, 0.2) is 48.7 Å². The average Bonchev–Trinajstić information content (AvgIpc) is 3.17. The molecule has 0 aliphatic heterocycles. The lowest BCUT2D eigenvalue weighted by Crippen LogP contribution is -2.22. The number of para-hydroxylation sites is 1. The van der Waals surface area contributed by atoms with Crippen molar-refractivity contribution in [2.45, 2.75) is 26.2 Å². The Hall–Kier alpha value is -3.53. The van der Waals surface area contributed by atoms with Crippen molar-refractivity contribution in [2.75, 3.05) is 19.0 Å². The van der Waals surface area contributed by atoms with Gasteiger partial charge in [-0.2, -0.15) is 18.3 Å². The summed E-state index contributed by atoms with van der Waals surface area (Å²) in [6.07, 6.45) is -2.81. The van der Waals surface area contributed by atoms with E-state index in [-0.39, 0.29) is 5.69 Å². The number of hydrogen-bond acceptors (Lipinski definition) is 5. The molecule has 0 spiro atoms. The van der Waals surface area contributed by atoms with Crippen LogP contribution < -0.4 is 20.1 Å². The topological polar surface area (TPSA) is 88.3 Å². The summed E-state index contributed by atoms with van der Waals surface area (Å²) in [6, 6.07) is 9.98. The van der Waals surface area contributed by atoms with E-state index in [0.29, 0.717) is 24.6 Å². The van der Waals surface area contributed by atoms with Crippen molar-refractivity contribution in [2.24, 2.45) is 0 Å². The zero-order valence-electron chi connectivity index (χ0n) is 17.5. The summed E-state index contributed by atoms with van der Waals surface area (Å²) in [6.45, 7) is 2.68. The third kappa shape index (κ3) is 6.01. The molecule has 32 heavy (non-hydrogen) atoms. The number of aryl methyl sites for hydroxylation is 1. The van der Waals surface area contributed by atoms with Gasteiger partial charge < -0.3 is 20.1 Å². The molecule has 0 radical (unpaired) electrons. The SMILES string of the molecule is COc1cc(CNCc2cn[nH]c2C)ccc1OCC(=O)Nc1ccccc1C(F)(F)F. The summed E-state index contributed by atoms with van der Waals surface area (Å²) in [4.78, 5) is 12.2. The van der Waals surface area contributed by atoms with Gasteiger partial charge in [0.15, 0.2) is 18.1 Å². The highest BCUT2D eigenvalue weighted by Crippen LogP contribution is 2.34. The van der Waals surface area contributed by atoms with Gasteiger partial charge in [0.1, 0.15) is 0 Å². The minimum atomic E-state index is -4.58. The van der Waals surface area contributed by atoms with Crippen molar-refractivity contribution in [1.29, 1.82) is 0 Å². The number of aromatic nitrogens is 2. The predicted molar refractivity (Wildman–Crippen MR) is 112 cm³/mol. The number of amides is 1. The number of alkyl halides is 3. The molecule has 2 aromatic carbocycles. The maximum atomic E-state index is 13.1. The number of nitrogens with one attached hydrogen (secondary N) is 3. The fourth-order valence-corrected chi connectivity index (χ4v) is 3.01. The van der Waals surface area contributed by atoms with Gasteiger partial charge in [0, 0.05) is 24.3 Å². The highest BCUT2D eigenvalue weighted by molar-refractivity contribution is 5.92. The molecule has 0 saturated heterocycles. The van der Waals surface area contributed by atoms with E-state index in [1.807, 2.05) is 13.0 Å². The van der Waals surface area contributed by atoms with Gasteiger partial charge >= 0.3 is 6.18 Å². The largest absolute Gasteiger partial charge is 0.493 e. The quantitative estimate of drug-likeness (QED) is 0.460. The average molecular weight is 448 g/mol. The Bertz CT molecular complexity index is 1070. The predicted octanol–water partition coefficient (Wildman–Crippen LogP) is 4.05. The Morgan fingerprint density at radius 3 is 2.59 bits per heavy atom. The second-order valence-corrected chi connectivity index (χ2v) is 6.99. The van der Waals surface area contributed by atoms with Crippen LogP contribution in [0.2, 0.25) is 0 Å². The first kappa shape index (κ1) is 23.1. The standard InChI is InChI=1S/C22H23F3N4O3/c1-14-16(12-27-29-14)11-26-10-15-7-8-19(20(9-15)31-2)32-13-21(30)28-18-6-4-3-5-17(18)22(23,24)25/h3-9,12,26H,10-11,13H2,1-2H3,(H,27,29)(H,28,30). The molecule has 0 fully saturated rings. The van der Waals surface area contributed by atoms with Crippen molar-refractivity contribution in [3.05, 3.63) is 71.0 Å². The Morgan fingerprint density at radius 2 is 1.91 bits per heavy atom. The second-order valence-electron chi connectivity index (χ2n) is 6.99. The van der Waals surface area contributed by atoms with Crippen LogP contribution in [-0.4, -0.2) is 29.8 Å². The lowest BCUT2D eigenvalue weighted by atomic mass is 10.1. The summed E-state index contributed by atoms with van der Waals surface area (Å²) in [5.74, 6) is -0.00144. The fourth-order valence-electron chi connectivity index (χ4n) is 3.01. The summed E-state index contributed by atoms with van der Waals surface area (Å²) in [5, 5.41) is 12.4. The molecule has 0 atom stereocenters. The van der Waals surface area contributed by atoms with Crippen LogP contribution in [0.4, 0.5) is 18.9 Å². The maximum absolute atomic E-state index is 13.1. The number of nitrogens with zero attached hydrogens (tertiary/aromatic N) is 1. The molecule has 3 N–H and O–H groups in total. The number of halogens is 3. The van der Waals surface area contributed by atoms with E-state index in [0.717, 1.165) is 22.9 Å². The normalized spacial score (nSPS) is 11.3. The lowest BCUT2D eigenvalue weighted by molar-refractivity contribution is -0.137. The van der Waals surface area contributed by atoms with E-state index in [4.69, 9.17) is 9.47 Å². The van der Waals surface area contributed by atoms with Crippen molar-refractivity contribution < 1.29 is 27.4 Å². The van der Waals surface area contributed by atoms with Gasteiger partial charge in [0.05, 0.1) is 24.6 Å². The number of rotatable bonds is 9. The molecule has 3 aromatic rings. The second kappa shape index (κ2) is 10.2. The van der Waals surface area contributed by atoms with Crippen molar-refractivity contribution >= 4 is 11.6 Å². The van der Waals surface area contributed by atoms with Crippen molar-refractivity contribution in [3.63, 3.8) is 0 Å². The molecule has 7 nitrogen and oxygen atoms in total. The van der Waals surface area contributed by atoms with Gasteiger partial charge in [0.25, 0.3) is 5.91 Å². The number of carbonyl (C=O) groups is 1. The zero-order chi connectivity index (χ0) is 23.1. The minimum absolute atomic E-state index is 0.307. The Kier molecular flexibility index (Phi) is 7.37. The van der Waals surface area contributed by atoms with E-state index in [1.54, 1.807) is 18.3 Å². The van der Waals surface area contributed by atoms with Gasteiger partial charge in [-0.1, -0.05) is 18.2 Å². The number of ether oxygens (including phenoxy) is 2. The maximum Gasteiger partial charge on any atom is 0.418 e. The Labute approximate surface area is 182 Å². The highest BCUT2D eigenvalue weighted by atomic mass is 19.4. The molecule has 0 aliphatic carbocycles.